The largest absolute Gasteiger partial charge is 0.0839 e. The highest BCUT2D eigenvalue weighted by atomic mass is 79.9. The van der Waals surface area contributed by atoms with Gasteiger partial charge in [0.15, 0.2) is 0 Å². The second-order valence-electron chi connectivity index (χ2n) is 6.58. The number of alkyl halides is 1. The Balaban J connectivity index is 2.32. The highest BCUT2D eigenvalue weighted by Gasteiger charge is 2.16. The monoisotopic (exact) mass is 318 g/mol. The van der Waals surface area contributed by atoms with Gasteiger partial charge in [-0.2, -0.15) is 0 Å². The van der Waals surface area contributed by atoms with E-state index in [9.17, 15) is 0 Å². The Hall–Kier alpha value is -0.820. The molecule has 102 valence electrons. The van der Waals surface area contributed by atoms with Crippen LogP contribution in [0.2, 0.25) is 0 Å². The minimum absolute atomic E-state index is 0.395. The van der Waals surface area contributed by atoms with E-state index < -0.39 is 0 Å². The van der Waals surface area contributed by atoms with E-state index >= 15 is 0 Å². The summed E-state index contributed by atoms with van der Waals surface area (Å²) in [4.78, 5) is 0.442. The molecule has 0 N–H and O–H groups in total. The maximum Gasteiger partial charge on any atom is 0.0401 e. The van der Waals surface area contributed by atoms with E-state index in [4.69, 9.17) is 0 Å². The molecule has 0 aliphatic rings. The van der Waals surface area contributed by atoms with E-state index in [1.54, 1.807) is 0 Å². The number of hydrogen-bond donors (Lipinski definition) is 0. The molecule has 0 radical (unpaired) electrons. The van der Waals surface area contributed by atoms with Crippen molar-refractivity contribution in [2.75, 3.05) is 0 Å². The summed E-state index contributed by atoms with van der Waals surface area (Å²) >= 11 is 3.88. The lowest BCUT2D eigenvalue weighted by Gasteiger charge is -2.21. The Labute approximate surface area is 125 Å². The molecule has 0 saturated carbocycles. The summed E-state index contributed by atoms with van der Waals surface area (Å²) in [6.07, 6.45) is 2.40. The Morgan fingerprint density at radius 3 is 2.26 bits per heavy atom. The zero-order valence-electron chi connectivity index (χ0n) is 12.3. The van der Waals surface area contributed by atoms with Crippen molar-refractivity contribution in [3.63, 3.8) is 0 Å². The van der Waals surface area contributed by atoms with Gasteiger partial charge in [-0.15, -0.1) is 0 Å². The third-order valence-electron chi connectivity index (χ3n) is 3.66. The summed E-state index contributed by atoms with van der Waals surface area (Å²) in [5, 5.41) is 2.76. The number of halogens is 1. The van der Waals surface area contributed by atoms with E-state index in [0.29, 0.717) is 10.2 Å². The van der Waals surface area contributed by atoms with E-state index in [0.717, 1.165) is 0 Å². The Kier molecular flexibility index (Phi) is 4.35. The van der Waals surface area contributed by atoms with Gasteiger partial charge in [0.1, 0.15) is 0 Å². The zero-order valence-corrected chi connectivity index (χ0v) is 13.9. The average molecular weight is 319 g/mol. The number of rotatable bonds is 3. The normalized spacial score (nSPS) is 13.7. The molecule has 0 spiro atoms. The predicted molar refractivity (Wildman–Crippen MR) is 89.0 cm³/mol. The number of hydrogen-bond acceptors (Lipinski definition) is 0. The van der Waals surface area contributed by atoms with E-state index in [1.807, 2.05) is 0 Å². The first-order valence-corrected chi connectivity index (χ1v) is 7.92. The molecule has 1 atom stereocenters. The smallest absolute Gasteiger partial charge is 0.0401 e. The standard InChI is InChI=1S/C18H23Br/c1-13-9-10-16(15-8-6-5-7-14(13)15)17(19)11-12-18(2,3)4/h5-10,17H,11-12H2,1-4H3. The topological polar surface area (TPSA) is 0 Å². The maximum absolute atomic E-state index is 3.88. The first-order valence-electron chi connectivity index (χ1n) is 7.01. The van der Waals surface area contributed by atoms with Gasteiger partial charge in [0.25, 0.3) is 0 Å². The molecule has 0 nitrogen and oxygen atoms in total. The van der Waals surface area contributed by atoms with Crippen molar-refractivity contribution in [3.8, 4) is 0 Å². The Morgan fingerprint density at radius 1 is 1.00 bits per heavy atom. The van der Waals surface area contributed by atoms with E-state index in [1.165, 1.54) is 34.7 Å². The summed E-state index contributed by atoms with van der Waals surface area (Å²) in [5.41, 5.74) is 3.17. The molecule has 0 aliphatic carbocycles. The summed E-state index contributed by atoms with van der Waals surface area (Å²) in [5.74, 6) is 0. The van der Waals surface area contributed by atoms with Gasteiger partial charge in [-0.1, -0.05) is 73.1 Å². The first-order chi connectivity index (χ1) is 8.88. The molecule has 0 saturated heterocycles. The Bertz CT molecular complexity index is 563. The van der Waals surface area contributed by atoms with Gasteiger partial charge in [-0.25, -0.2) is 0 Å². The summed E-state index contributed by atoms with van der Waals surface area (Å²) in [6.45, 7) is 9.10. The van der Waals surface area contributed by atoms with Gasteiger partial charge in [0, 0.05) is 4.83 Å². The second kappa shape index (κ2) is 5.66. The summed E-state index contributed by atoms with van der Waals surface area (Å²) in [6, 6.07) is 13.2. The minimum atomic E-state index is 0.395. The molecule has 0 amide bonds. The van der Waals surface area contributed by atoms with Gasteiger partial charge in [0.05, 0.1) is 0 Å². The highest BCUT2D eigenvalue weighted by molar-refractivity contribution is 9.09. The van der Waals surface area contributed by atoms with Gasteiger partial charge in [-0.3, -0.25) is 0 Å². The van der Waals surface area contributed by atoms with Crippen LogP contribution in [0.15, 0.2) is 36.4 Å². The fourth-order valence-corrected chi connectivity index (χ4v) is 3.09. The SMILES string of the molecule is Cc1ccc(C(Br)CCC(C)(C)C)c2ccccc12. The van der Waals surface area contributed by atoms with Crippen LogP contribution in [0.25, 0.3) is 10.8 Å². The molecule has 0 aliphatic heterocycles. The van der Waals surface area contributed by atoms with Crippen LogP contribution in [0.3, 0.4) is 0 Å². The summed E-state index contributed by atoms with van der Waals surface area (Å²) in [7, 11) is 0. The van der Waals surface area contributed by atoms with Crippen LogP contribution in [0.1, 0.15) is 49.6 Å². The molecular formula is C18H23Br. The predicted octanol–water partition coefficient (Wildman–Crippen LogP) is 6.41. The van der Waals surface area contributed by atoms with Crippen molar-refractivity contribution in [2.45, 2.75) is 45.4 Å². The van der Waals surface area contributed by atoms with Crippen LogP contribution < -0.4 is 0 Å². The van der Waals surface area contributed by atoms with Crippen molar-refractivity contribution >= 4 is 26.7 Å². The molecule has 0 bridgehead atoms. The van der Waals surface area contributed by atoms with Crippen molar-refractivity contribution in [1.29, 1.82) is 0 Å². The van der Waals surface area contributed by atoms with Crippen LogP contribution in [0.4, 0.5) is 0 Å². The Morgan fingerprint density at radius 2 is 1.63 bits per heavy atom. The number of aryl methyl sites for hydroxylation is 1. The molecular weight excluding hydrogens is 296 g/mol. The molecule has 19 heavy (non-hydrogen) atoms. The average Bonchev–Trinajstić information content (AvgIpc) is 2.36. The quantitative estimate of drug-likeness (QED) is 0.573. The molecule has 0 aromatic heterocycles. The molecule has 0 fully saturated rings. The molecule has 2 aromatic rings. The zero-order chi connectivity index (χ0) is 14.0. The molecule has 1 unspecified atom stereocenters. The number of fused-ring (bicyclic) bond motifs is 1. The van der Waals surface area contributed by atoms with Gasteiger partial charge in [0.2, 0.25) is 0 Å². The van der Waals surface area contributed by atoms with E-state index in [2.05, 4.69) is 80.0 Å². The fraction of sp³-hybridized carbons (Fsp3) is 0.444. The molecule has 2 rings (SSSR count). The van der Waals surface area contributed by atoms with E-state index in [-0.39, 0.29) is 0 Å². The lowest BCUT2D eigenvalue weighted by molar-refractivity contribution is 0.365. The molecule has 0 heterocycles. The van der Waals surface area contributed by atoms with Crippen LogP contribution in [0.5, 0.6) is 0 Å². The third-order valence-corrected chi connectivity index (χ3v) is 4.61. The van der Waals surface area contributed by atoms with Crippen LogP contribution in [0, 0.1) is 12.3 Å². The lowest BCUT2D eigenvalue weighted by atomic mass is 9.88. The van der Waals surface area contributed by atoms with Gasteiger partial charge < -0.3 is 0 Å². The summed E-state index contributed by atoms with van der Waals surface area (Å²) < 4.78 is 0. The molecule has 1 heteroatoms. The van der Waals surface area contributed by atoms with Gasteiger partial charge in [-0.05, 0) is 47.1 Å². The van der Waals surface area contributed by atoms with Crippen LogP contribution in [-0.4, -0.2) is 0 Å². The lowest BCUT2D eigenvalue weighted by Crippen LogP contribution is -2.06. The van der Waals surface area contributed by atoms with Gasteiger partial charge >= 0.3 is 0 Å². The third kappa shape index (κ3) is 3.60. The minimum Gasteiger partial charge on any atom is -0.0839 e. The first kappa shape index (κ1) is 14.6. The number of benzene rings is 2. The second-order valence-corrected chi connectivity index (χ2v) is 7.69. The maximum atomic E-state index is 3.88. The van der Waals surface area contributed by atoms with Crippen molar-refractivity contribution in [1.82, 2.24) is 0 Å². The van der Waals surface area contributed by atoms with Crippen LogP contribution in [-0.2, 0) is 0 Å². The fourth-order valence-electron chi connectivity index (χ4n) is 2.46. The van der Waals surface area contributed by atoms with Crippen molar-refractivity contribution in [3.05, 3.63) is 47.5 Å². The highest BCUT2D eigenvalue weighted by Crippen LogP contribution is 2.37. The molecule has 2 aromatic carbocycles. The van der Waals surface area contributed by atoms with Crippen molar-refractivity contribution < 1.29 is 0 Å². The van der Waals surface area contributed by atoms with Crippen LogP contribution >= 0.6 is 15.9 Å². The van der Waals surface area contributed by atoms with Crippen molar-refractivity contribution in [2.24, 2.45) is 5.41 Å².